The second-order valence-electron chi connectivity index (χ2n) is 9.44. The van der Waals surface area contributed by atoms with Crippen molar-refractivity contribution >= 4 is 31.0 Å². The topological polar surface area (TPSA) is 64.2 Å². The van der Waals surface area contributed by atoms with Crippen molar-refractivity contribution in [2.45, 2.75) is 65.7 Å². The van der Waals surface area contributed by atoms with Gasteiger partial charge in [0, 0.05) is 54.2 Å². The van der Waals surface area contributed by atoms with Gasteiger partial charge in [-0.2, -0.15) is 0 Å². The number of rotatable bonds is 6. The van der Waals surface area contributed by atoms with Gasteiger partial charge in [0.15, 0.2) is 0 Å². The van der Waals surface area contributed by atoms with Gasteiger partial charge in [0.2, 0.25) is 0 Å². The monoisotopic (exact) mass is 379 g/mol. The zero-order valence-electron chi connectivity index (χ0n) is 17.8. The average Bonchev–Trinajstić information content (AvgIpc) is 3.15. The first-order valence-electron chi connectivity index (χ1n) is 10.7. The highest BCUT2D eigenvalue weighted by molar-refractivity contribution is 6.43. The van der Waals surface area contributed by atoms with Crippen molar-refractivity contribution in [1.29, 1.82) is 5.41 Å². The largest absolute Gasteiger partial charge is 0.375 e. The fourth-order valence-electron chi connectivity index (χ4n) is 4.85. The molecular weight excluding hydrogens is 345 g/mol. The van der Waals surface area contributed by atoms with Crippen LogP contribution in [-0.4, -0.2) is 55.5 Å². The van der Waals surface area contributed by atoms with Crippen LogP contribution in [0.3, 0.4) is 0 Å². The van der Waals surface area contributed by atoms with Crippen LogP contribution in [0.25, 0.3) is 0 Å². The summed E-state index contributed by atoms with van der Waals surface area (Å²) in [7, 11) is 5.41. The summed E-state index contributed by atoms with van der Waals surface area (Å²) < 4.78 is 0. The molecule has 2 fully saturated rings. The van der Waals surface area contributed by atoms with Crippen LogP contribution < -0.4 is 0 Å². The lowest BCUT2D eigenvalue weighted by atomic mass is 9.72. The number of likely N-dealkylation sites (tertiary alicyclic amines) is 1. The lowest BCUT2D eigenvalue weighted by molar-refractivity contribution is 0.215. The van der Waals surface area contributed by atoms with Gasteiger partial charge in [-0.1, -0.05) is 26.8 Å². The van der Waals surface area contributed by atoms with Gasteiger partial charge in [0.1, 0.15) is 5.84 Å². The molecule has 2 aliphatic heterocycles. The first-order chi connectivity index (χ1) is 13.3. The Morgan fingerprint density at radius 1 is 1.29 bits per heavy atom. The van der Waals surface area contributed by atoms with E-state index in [4.69, 9.17) is 23.4 Å². The first-order valence-corrected chi connectivity index (χ1v) is 10.7. The maximum absolute atomic E-state index is 7.73. The van der Waals surface area contributed by atoms with E-state index >= 15 is 0 Å². The van der Waals surface area contributed by atoms with Crippen molar-refractivity contribution in [3.63, 3.8) is 0 Å². The SMILES string of the molecule is [B]/N=C(/CC(=C)N1CCC(C2=NC(C3CCCC(C)(C)C3)=NC2)CC1)C(C)=N. The Labute approximate surface area is 171 Å². The molecule has 0 aromatic carbocycles. The molecule has 5 nitrogen and oxygen atoms in total. The molecule has 0 amide bonds. The summed E-state index contributed by atoms with van der Waals surface area (Å²) in [5.74, 6) is 2.22. The molecule has 1 saturated carbocycles. The van der Waals surface area contributed by atoms with E-state index in [0.717, 1.165) is 44.0 Å². The summed E-state index contributed by atoms with van der Waals surface area (Å²) in [5.41, 5.74) is 3.75. The van der Waals surface area contributed by atoms with Crippen LogP contribution in [0.2, 0.25) is 0 Å². The number of nitrogens with zero attached hydrogens (tertiary/aromatic N) is 4. The fraction of sp³-hybridized carbons (Fsp3) is 0.727. The summed E-state index contributed by atoms with van der Waals surface area (Å²) in [6, 6.07) is 0. The summed E-state index contributed by atoms with van der Waals surface area (Å²) in [6.45, 7) is 13.4. The lowest BCUT2D eigenvalue weighted by Gasteiger charge is -2.35. The van der Waals surface area contributed by atoms with Crippen LogP contribution in [-0.2, 0) is 0 Å². The molecule has 6 heteroatoms. The zero-order chi connectivity index (χ0) is 20.3. The van der Waals surface area contributed by atoms with Gasteiger partial charge >= 0.3 is 0 Å². The second kappa shape index (κ2) is 8.75. The van der Waals surface area contributed by atoms with Gasteiger partial charge in [-0.15, -0.1) is 0 Å². The van der Waals surface area contributed by atoms with Crippen molar-refractivity contribution in [2.24, 2.45) is 32.1 Å². The molecule has 1 unspecified atom stereocenters. The van der Waals surface area contributed by atoms with E-state index < -0.39 is 0 Å². The molecular formula is C22H34BN5. The minimum absolute atomic E-state index is 0.411. The molecule has 1 atom stereocenters. The number of allylic oxidation sites excluding steroid dienone is 1. The Morgan fingerprint density at radius 3 is 2.61 bits per heavy atom. The molecule has 0 aromatic rings. The van der Waals surface area contributed by atoms with Crippen LogP contribution in [0.1, 0.15) is 65.7 Å². The molecule has 150 valence electrons. The Balaban J connectivity index is 1.52. The minimum atomic E-state index is 0.411. The molecule has 1 saturated heterocycles. The van der Waals surface area contributed by atoms with Crippen LogP contribution in [0, 0.1) is 22.7 Å². The van der Waals surface area contributed by atoms with Crippen molar-refractivity contribution in [1.82, 2.24) is 4.90 Å². The van der Waals surface area contributed by atoms with Crippen LogP contribution >= 0.6 is 0 Å². The Hall–Kier alpha value is -1.72. The van der Waals surface area contributed by atoms with E-state index in [1.807, 2.05) is 0 Å². The maximum Gasteiger partial charge on any atom is 0.259 e. The predicted molar refractivity (Wildman–Crippen MR) is 120 cm³/mol. The van der Waals surface area contributed by atoms with E-state index in [1.54, 1.807) is 6.92 Å². The quantitative estimate of drug-likeness (QED) is 0.545. The van der Waals surface area contributed by atoms with E-state index in [9.17, 15) is 0 Å². The number of amidine groups is 1. The van der Waals surface area contributed by atoms with Gasteiger partial charge in [0.05, 0.1) is 6.54 Å². The van der Waals surface area contributed by atoms with E-state index in [2.05, 4.69) is 30.2 Å². The normalized spacial score (nSPS) is 26.0. The molecule has 0 spiro atoms. The molecule has 0 aromatic heterocycles. The van der Waals surface area contributed by atoms with E-state index in [-0.39, 0.29) is 0 Å². The third-order valence-corrected chi connectivity index (χ3v) is 6.61. The third kappa shape index (κ3) is 5.01. The standard InChI is InChI=1S/C22H34BN5/c1-15(12-19(27-23)16(2)24)28-10-7-17(8-11-28)20-14-25-21(26-20)18-6-5-9-22(3,4)13-18/h17-18,24H,1,5-14H2,2-4H3/b24-16?,27-19-. The number of piperidine rings is 1. The second-order valence-corrected chi connectivity index (χ2v) is 9.44. The highest BCUT2D eigenvalue weighted by atomic mass is 15.1. The van der Waals surface area contributed by atoms with Crippen molar-refractivity contribution < 1.29 is 0 Å². The number of nitrogens with one attached hydrogen (secondary N) is 1. The highest BCUT2D eigenvalue weighted by Crippen LogP contribution is 2.40. The average molecular weight is 379 g/mol. The van der Waals surface area contributed by atoms with Gasteiger partial charge in [-0.25, -0.2) is 4.99 Å². The van der Waals surface area contributed by atoms with E-state index in [1.165, 1.54) is 31.4 Å². The molecule has 2 heterocycles. The smallest absolute Gasteiger partial charge is 0.259 e. The Morgan fingerprint density at radius 2 is 2.00 bits per heavy atom. The van der Waals surface area contributed by atoms with Crippen molar-refractivity contribution in [2.75, 3.05) is 19.6 Å². The number of hydrogen-bond donors (Lipinski definition) is 1. The van der Waals surface area contributed by atoms with Crippen LogP contribution in [0.5, 0.6) is 0 Å². The zero-order valence-corrected chi connectivity index (χ0v) is 17.8. The maximum atomic E-state index is 7.73. The van der Waals surface area contributed by atoms with E-state index in [0.29, 0.717) is 35.1 Å². The number of aliphatic imine (C=N–C) groups is 2. The Kier molecular flexibility index (Phi) is 6.56. The van der Waals surface area contributed by atoms with Crippen LogP contribution in [0.15, 0.2) is 27.2 Å². The summed E-state index contributed by atoms with van der Waals surface area (Å²) in [4.78, 5) is 15.9. The third-order valence-electron chi connectivity index (χ3n) is 6.61. The molecule has 28 heavy (non-hydrogen) atoms. The summed E-state index contributed by atoms with van der Waals surface area (Å²) in [5, 5.41) is 7.73. The van der Waals surface area contributed by atoms with Crippen molar-refractivity contribution in [3.05, 3.63) is 12.3 Å². The molecule has 1 N–H and O–H groups in total. The van der Waals surface area contributed by atoms with Gasteiger partial charge in [-0.3, -0.25) is 4.99 Å². The predicted octanol–water partition coefficient (Wildman–Crippen LogP) is 4.24. The van der Waals surface area contributed by atoms with Crippen LogP contribution in [0.4, 0.5) is 0 Å². The van der Waals surface area contributed by atoms with Gasteiger partial charge in [0.25, 0.3) is 7.98 Å². The highest BCUT2D eigenvalue weighted by Gasteiger charge is 2.33. The first kappa shape index (κ1) is 21.0. The minimum Gasteiger partial charge on any atom is -0.375 e. The lowest BCUT2D eigenvalue weighted by Crippen LogP contribution is -2.36. The fourth-order valence-corrected chi connectivity index (χ4v) is 4.85. The molecule has 3 aliphatic rings. The molecule has 2 radical (unpaired) electrons. The summed E-state index contributed by atoms with van der Waals surface area (Å²) in [6.07, 6.45) is 7.83. The van der Waals surface area contributed by atoms with Crippen molar-refractivity contribution in [3.8, 4) is 0 Å². The Bertz CT molecular complexity index is 710. The number of hydrogen-bond acceptors (Lipinski definition) is 5. The van der Waals surface area contributed by atoms with Gasteiger partial charge < -0.3 is 15.2 Å². The molecule has 3 rings (SSSR count). The molecule has 0 bridgehead atoms. The van der Waals surface area contributed by atoms with Gasteiger partial charge in [-0.05, 0) is 44.4 Å². The molecule has 1 aliphatic carbocycles. The summed E-state index contributed by atoms with van der Waals surface area (Å²) >= 11 is 0.